The molecule has 2 aromatic rings. The maximum absolute atomic E-state index is 11.1. The molecular formula is C22H29N3O. The van der Waals surface area contributed by atoms with Gasteiger partial charge >= 0.3 is 0 Å². The molecule has 2 saturated heterocycles. The first-order chi connectivity index (χ1) is 12.6. The highest BCUT2D eigenvalue weighted by atomic mass is 16.3. The van der Waals surface area contributed by atoms with Crippen LogP contribution in [0.3, 0.4) is 0 Å². The Labute approximate surface area is 156 Å². The molecule has 26 heavy (non-hydrogen) atoms. The van der Waals surface area contributed by atoms with Crippen molar-refractivity contribution in [3.05, 3.63) is 71.3 Å². The van der Waals surface area contributed by atoms with Crippen molar-refractivity contribution < 1.29 is 5.11 Å². The van der Waals surface area contributed by atoms with Crippen LogP contribution in [0.5, 0.6) is 0 Å². The van der Waals surface area contributed by atoms with Crippen LogP contribution in [0.2, 0.25) is 0 Å². The van der Waals surface area contributed by atoms with Crippen LogP contribution in [-0.2, 0) is 5.60 Å². The Morgan fingerprint density at radius 2 is 1.85 bits per heavy atom. The Kier molecular flexibility index (Phi) is 5.09. The molecule has 2 fully saturated rings. The highest BCUT2D eigenvalue weighted by molar-refractivity contribution is 5.28. The molecule has 0 aromatic heterocycles. The molecule has 138 valence electrons. The molecule has 4 rings (SSSR count). The summed E-state index contributed by atoms with van der Waals surface area (Å²) in [4.78, 5) is 2.51. The smallest absolute Gasteiger partial charge is 0.0921 e. The van der Waals surface area contributed by atoms with Crippen molar-refractivity contribution in [2.45, 2.75) is 31.4 Å². The predicted molar refractivity (Wildman–Crippen MR) is 105 cm³/mol. The van der Waals surface area contributed by atoms with Gasteiger partial charge in [0.15, 0.2) is 0 Å². The van der Waals surface area contributed by atoms with E-state index in [-0.39, 0.29) is 0 Å². The average Bonchev–Trinajstić information content (AvgIpc) is 3.13. The zero-order valence-electron chi connectivity index (χ0n) is 15.5. The molecule has 0 saturated carbocycles. The second-order valence-corrected chi connectivity index (χ2v) is 7.88. The van der Waals surface area contributed by atoms with Gasteiger partial charge in [0.05, 0.1) is 11.6 Å². The van der Waals surface area contributed by atoms with Gasteiger partial charge in [-0.2, -0.15) is 0 Å². The monoisotopic (exact) mass is 351 g/mol. The van der Waals surface area contributed by atoms with Crippen LogP contribution in [-0.4, -0.2) is 36.2 Å². The molecule has 2 unspecified atom stereocenters. The predicted octanol–water partition coefficient (Wildman–Crippen LogP) is 2.74. The van der Waals surface area contributed by atoms with Crippen LogP contribution in [0.1, 0.15) is 35.6 Å². The zero-order valence-corrected chi connectivity index (χ0v) is 15.5. The fourth-order valence-corrected chi connectivity index (χ4v) is 4.38. The molecule has 4 nitrogen and oxygen atoms in total. The van der Waals surface area contributed by atoms with Crippen LogP contribution < -0.4 is 10.9 Å². The standard InChI is InChI=1S/C22H29N3O/c1-17-6-5-9-20(14-17)22(26)10-12-25(13-11-22)16-19-15-23-24-21(19)18-7-3-2-4-8-18/h2-9,14,19,21,23-24,26H,10-13,15-16H2,1H3. The first kappa shape index (κ1) is 17.7. The van der Waals surface area contributed by atoms with E-state index in [2.05, 4.69) is 77.3 Å². The summed E-state index contributed by atoms with van der Waals surface area (Å²) in [7, 11) is 0. The lowest BCUT2D eigenvalue weighted by Crippen LogP contribution is -2.45. The Bertz CT molecular complexity index is 725. The topological polar surface area (TPSA) is 47.5 Å². The molecule has 2 atom stereocenters. The van der Waals surface area contributed by atoms with Crippen molar-refractivity contribution >= 4 is 0 Å². The minimum Gasteiger partial charge on any atom is -0.385 e. The van der Waals surface area contributed by atoms with Gasteiger partial charge in [-0.3, -0.25) is 5.43 Å². The van der Waals surface area contributed by atoms with E-state index in [1.165, 1.54) is 11.1 Å². The van der Waals surface area contributed by atoms with E-state index in [0.717, 1.165) is 44.6 Å². The van der Waals surface area contributed by atoms with Gasteiger partial charge in [-0.25, -0.2) is 5.43 Å². The van der Waals surface area contributed by atoms with Crippen LogP contribution in [0.25, 0.3) is 0 Å². The number of nitrogens with one attached hydrogen (secondary N) is 2. The third-order valence-electron chi connectivity index (χ3n) is 5.98. The van der Waals surface area contributed by atoms with Gasteiger partial charge in [-0.05, 0) is 30.9 Å². The van der Waals surface area contributed by atoms with Crippen molar-refractivity contribution in [2.75, 3.05) is 26.2 Å². The Morgan fingerprint density at radius 1 is 1.08 bits per heavy atom. The molecule has 0 radical (unpaired) electrons. The van der Waals surface area contributed by atoms with E-state index in [1.54, 1.807) is 0 Å². The number of hydrazine groups is 1. The van der Waals surface area contributed by atoms with E-state index in [0.29, 0.717) is 12.0 Å². The maximum Gasteiger partial charge on any atom is 0.0921 e. The number of rotatable bonds is 4. The van der Waals surface area contributed by atoms with Crippen LogP contribution in [0.15, 0.2) is 54.6 Å². The van der Waals surface area contributed by atoms with E-state index in [4.69, 9.17) is 0 Å². The zero-order chi connectivity index (χ0) is 18.0. The summed E-state index contributed by atoms with van der Waals surface area (Å²) in [6, 6.07) is 19.4. The van der Waals surface area contributed by atoms with Gasteiger partial charge < -0.3 is 10.0 Å². The molecule has 2 aromatic carbocycles. The van der Waals surface area contributed by atoms with Crippen molar-refractivity contribution in [2.24, 2.45) is 5.92 Å². The first-order valence-electron chi connectivity index (χ1n) is 9.69. The molecule has 0 aliphatic carbocycles. The summed E-state index contributed by atoms with van der Waals surface area (Å²) in [5.41, 5.74) is 9.73. The summed E-state index contributed by atoms with van der Waals surface area (Å²) in [5, 5.41) is 11.1. The van der Waals surface area contributed by atoms with Crippen molar-refractivity contribution in [1.82, 2.24) is 15.8 Å². The summed E-state index contributed by atoms with van der Waals surface area (Å²) in [6.45, 7) is 6.03. The second-order valence-electron chi connectivity index (χ2n) is 7.88. The van der Waals surface area contributed by atoms with Gasteiger partial charge in [0.2, 0.25) is 0 Å². The normalized spacial score (nSPS) is 26.1. The first-order valence-corrected chi connectivity index (χ1v) is 9.69. The van der Waals surface area contributed by atoms with Crippen molar-refractivity contribution in [3.8, 4) is 0 Å². The van der Waals surface area contributed by atoms with Crippen molar-refractivity contribution in [1.29, 1.82) is 0 Å². The molecule has 4 heteroatoms. The summed E-state index contributed by atoms with van der Waals surface area (Å²) in [6.07, 6.45) is 1.61. The van der Waals surface area contributed by atoms with Gasteiger partial charge in [0.1, 0.15) is 0 Å². The van der Waals surface area contributed by atoms with E-state index in [9.17, 15) is 5.11 Å². The number of likely N-dealkylation sites (tertiary alicyclic amines) is 1. The summed E-state index contributed by atoms with van der Waals surface area (Å²) in [5.74, 6) is 0.544. The number of piperidine rings is 1. The maximum atomic E-state index is 11.1. The lowest BCUT2D eigenvalue weighted by Gasteiger charge is -2.40. The summed E-state index contributed by atoms with van der Waals surface area (Å²) >= 11 is 0. The van der Waals surface area contributed by atoms with Gasteiger partial charge in [0, 0.05) is 32.1 Å². The van der Waals surface area contributed by atoms with Crippen LogP contribution in [0, 0.1) is 12.8 Å². The third-order valence-corrected chi connectivity index (χ3v) is 5.98. The second kappa shape index (κ2) is 7.49. The van der Waals surface area contributed by atoms with Gasteiger partial charge in [-0.1, -0.05) is 60.2 Å². The number of hydrogen-bond acceptors (Lipinski definition) is 4. The molecule has 2 aliphatic heterocycles. The van der Waals surface area contributed by atoms with Crippen LogP contribution in [0.4, 0.5) is 0 Å². The Balaban J connectivity index is 1.38. The molecule has 0 bridgehead atoms. The van der Waals surface area contributed by atoms with E-state index >= 15 is 0 Å². The third kappa shape index (κ3) is 3.69. The minimum atomic E-state index is -0.673. The minimum absolute atomic E-state index is 0.355. The van der Waals surface area contributed by atoms with E-state index < -0.39 is 5.60 Å². The number of aliphatic hydroxyl groups is 1. The average molecular weight is 351 g/mol. The molecular weight excluding hydrogens is 322 g/mol. The Hall–Kier alpha value is -1.72. The highest BCUT2D eigenvalue weighted by Gasteiger charge is 2.36. The lowest BCUT2D eigenvalue weighted by molar-refractivity contribution is -0.0288. The summed E-state index contributed by atoms with van der Waals surface area (Å²) < 4.78 is 0. The molecule has 2 aliphatic rings. The largest absolute Gasteiger partial charge is 0.385 e. The SMILES string of the molecule is Cc1cccc(C2(O)CCN(CC3CNNC3c3ccccc3)CC2)c1. The number of nitrogens with zero attached hydrogens (tertiary/aromatic N) is 1. The molecule has 0 amide bonds. The van der Waals surface area contributed by atoms with Gasteiger partial charge in [-0.15, -0.1) is 0 Å². The Morgan fingerprint density at radius 3 is 2.58 bits per heavy atom. The van der Waals surface area contributed by atoms with E-state index in [1.807, 2.05) is 0 Å². The molecule has 0 spiro atoms. The highest BCUT2D eigenvalue weighted by Crippen LogP contribution is 2.34. The molecule has 2 heterocycles. The van der Waals surface area contributed by atoms with Crippen LogP contribution >= 0.6 is 0 Å². The number of benzene rings is 2. The van der Waals surface area contributed by atoms with Gasteiger partial charge in [0.25, 0.3) is 0 Å². The lowest BCUT2D eigenvalue weighted by atomic mass is 9.83. The van der Waals surface area contributed by atoms with Crippen molar-refractivity contribution in [3.63, 3.8) is 0 Å². The quantitative estimate of drug-likeness (QED) is 0.793. The molecule has 3 N–H and O–H groups in total. The fourth-order valence-electron chi connectivity index (χ4n) is 4.38. The number of hydrogen-bond donors (Lipinski definition) is 3. The number of aryl methyl sites for hydroxylation is 1. The fraction of sp³-hybridized carbons (Fsp3) is 0.455.